The van der Waals surface area contributed by atoms with Gasteiger partial charge in [0.15, 0.2) is 0 Å². The first kappa shape index (κ1) is 39.5. The number of hydrogen-bond donors (Lipinski definition) is 1. The van der Waals surface area contributed by atoms with Crippen molar-refractivity contribution in [3.63, 3.8) is 0 Å². The van der Waals surface area contributed by atoms with Gasteiger partial charge in [0.2, 0.25) is 0 Å². The molecule has 0 saturated heterocycles. The zero-order chi connectivity index (χ0) is 45.0. The van der Waals surface area contributed by atoms with Gasteiger partial charge in [-0.1, -0.05) is 184 Å². The van der Waals surface area contributed by atoms with Gasteiger partial charge in [0, 0.05) is 44.4 Å². The summed E-state index contributed by atoms with van der Waals surface area (Å²) in [5, 5.41) is 12.2. The van der Waals surface area contributed by atoms with Crippen LogP contribution in [0.15, 0.2) is 211 Å². The van der Waals surface area contributed by atoms with Crippen LogP contribution in [0.1, 0.15) is 70.1 Å². The predicted molar refractivity (Wildman–Crippen MR) is 280 cm³/mol. The predicted octanol–water partition coefficient (Wildman–Crippen LogP) is 15.6. The molecule has 1 aliphatic heterocycles. The van der Waals surface area contributed by atoms with Gasteiger partial charge in [0.05, 0.1) is 22.5 Å². The fraction of sp³-hybridized carbons (Fsp3) is 0.0968. The minimum atomic E-state index is -0.466. The van der Waals surface area contributed by atoms with Crippen LogP contribution in [0.25, 0.3) is 42.4 Å². The Bertz CT molecular complexity index is 3600. The van der Waals surface area contributed by atoms with Crippen LogP contribution in [0.3, 0.4) is 0 Å². The largest absolute Gasteiger partial charge is 0.334 e. The Hall–Kier alpha value is -7.86. The van der Waals surface area contributed by atoms with Crippen molar-refractivity contribution < 1.29 is 0 Å². The fourth-order valence-electron chi connectivity index (χ4n) is 11.8. The van der Waals surface area contributed by atoms with E-state index >= 15 is 0 Å². The van der Waals surface area contributed by atoms with E-state index in [0.29, 0.717) is 5.84 Å². The van der Waals surface area contributed by atoms with E-state index in [0.717, 1.165) is 22.4 Å². The maximum atomic E-state index is 9.74. The number of thiophene rings is 1. The average molecular weight is 879 g/mol. The topological polar surface area (TPSA) is 42.7 Å². The maximum absolute atomic E-state index is 9.74. The number of rotatable bonds is 6. The molecule has 13 rings (SSSR count). The summed E-state index contributed by atoms with van der Waals surface area (Å²) < 4.78 is 2.41. The standard InChI is InChI=1S/C62H46N4S/c1-61(2)47-23-10-7-22-44(47)46-36-40(33-35-48(46)61)59(63)65(3)60(64-38-39-18-5-4-6-19-39)41-32-34-45-57(37-41)67-56-31-17-30-55(58(45)56)66-53-28-15-13-26-51(53)62(52-27-14-16-29-54(52)66)49-24-11-8-20-42(49)43-21-9-12-25-50(43)62/h4-38,60,63H,1-3H3/b63-59?,64-38+. The molecule has 0 bridgehead atoms. The first-order chi connectivity index (χ1) is 32.8. The van der Waals surface area contributed by atoms with Crippen molar-refractivity contribution in [2.24, 2.45) is 4.99 Å². The number of nitrogens with one attached hydrogen (secondary N) is 1. The van der Waals surface area contributed by atoms with Gasteiger partial charge >= 0.3 is 0 Å². The van der Waals surface area contributed by atoms with E-state index in [1.165, 1.54) is 87.2 Å². The molecule has 1 spiro atoms. The summed E-state index contributed by atoms with van der Waals surface area (Å²) in [7, 11) is 2.01. The highest BCUT2D eigenvalue weighted by atomic mass is 32.1. The van der Waals surface area contributed by atoms with Gasteiger partial charge in [0.1, 0.15) is 12.0 Å². The van der Waals surface area contributed by atoms with E-state index in [1.807, 2.05) is 47.7 Å². The van der Waals surface area contributed by atoms with Crippen LogP contribution in [0, 0.1) is 5.41 Å². The number of hydrogen-bond acceptors (Lipinski definition) is 4. The van der Waals surface area contributed by atoms with E-state index < -0.39 is 11.6 Å². The molecule has 1 unspecified atom stereocenters. The Kier molecular flexibility index (Phi) is 8.74. The molecule has 0 fully saturated rings. The highest BCUT2D eigenvalue weighted by Crippen LogP contribution is 2.64. The summed E-state index contributed by atoms with van der Waals surface area (Å²) in [6, 6.07) is 75.2. The minimum Gasteiger partial charge on any atom is -0.334 e. The molecule has 0 amide bonds. The molecule has 320 valence electrons. The Balaban J connectivity index is 0.941. The third-order valence-corrected chi connectivity index (χ3v) is 15.9. The number of aliphatic imine (C=N–C) groups is 1. The molecule has 9 aromatic carbocycles. The molecule has 0 saturated carbocycles. The molecule has 2 heterocycles. The number of para-hydroxylation sites is 2. The Labute approximate surface area is 395 Å². The van der Waals surface area contributed by atoms with Gasteiger partial charge in [-0.15, -0.1) is 11.3 Å². The zero-order valence-corrected chi connectivity index (χ0v) is 38.4. The summed E-state index contributed by atoms with van der Waals surface area (Å²) >= 11 is 1.82. The summed E-state index contributed by atoms with van der Waals surface area (Å²) in [6.45, 7) is 4.59. The van der Waals surface area contributed by atoms with Gasteiger partial charge in [-0.2, -0.15) is 0 Å². The molecule has 4 nitrogen and oxygen atoms in total. The van der Waals surface area contributed by atoms with Crippen molar-refractivity contribution in [1.82, 2.24) is 4.90 Å². The Morgan fingerprint density at radius 2 is 1.09 bits per heavy atom. The van der Waals surface area contributed by atoms with Gasteiger partial charge in [0.25, 0.3) is 0 Å². The van der Waals surface area contributed by atoms with E-state index in [9.17, 15) is 5.41 Å². The molecular weight excluding hydrogens is 833 g/mol. The minimum absolute atomic E-state index is 0.0993. The molecule has 1 aromatic heterocycles. The van der Waals surface area contributed by atoms with Gasteiger partial charge in [-0.3, -0.25) is 10.4 Å². The fourth-order valence-corrected chi connectivity index (χ4v) is 13.0. The number of nitrogens with zero attached hydrogens (tertiary/aromatic N) is 3. The number of fused-ring (bicyclic) bond motifs is 15. The van der Waals surface area contributed by atoms with Crippen LogP contribution in [0.5, 0.6) is 0 Å². The molecular formula is C62H46N4S. The lowest BCUT2D eigenvalue weighted by molar-refractivity contribution is 0.388. The van der Waals surface area contributed by atoms with Crippen LogP contribution >= 0.6 is 11.3 Å². The average Bonchev–Trinajstić information content (AvgIpc) is 3.98. The molecule has 1 atom stereocenters. The SMILES string of the molecule is CN(C(=N)c1ccc2c(c1)-c1ccccc1C2(C)C)C(/N=C/c1ccccc1)c1ccc2c(c1)sc1cccc(N3c4ccccc4C4(c5ccccc5-c5ccccc54)c4ccccc43)c12. The van der Waals surface area contributed by atoms with Crippen molar-refractivity contribution in [2.75, 3.05) is 11.9 Å². The monoisotopic (exact) mass is 878 g/mol. The van der Waals surface area contributed by atoms with Crippen LogP contribution in [-0.4, -0.2) is 24.0 Å². The van der Waals surface area contributed by atoms with Gasteiger partial charge in [-0.05, 0) is 103 Å². The van der Waals surface area contributed by atoms with Crippen LogP contribution in [-0.2, 0) is 10.8 Å². The first-order valence-corrected chi connectivity index (χ1v) is 23.9. The van der Waals surface area contributed by atoms with Crippen LogP contribution < -0.4 is 4.90 Å². The van der Waals surface area contributed by atoms with Crippen LogP contribution in [0.2, 0.25) is 0 Å². The third kappa shape index (κ3) is 5.65. The molecule has 10 aromatic rings. The second kappa shape index (κ2) is 14.8. The summed E-state index contributed by atoms with van der Waals surface area (Å²) in [4.78, 5) is 9.80. The van der Waals surface area contributed by atoms with Crippen molar-refractivity contribution in [2.45, 2.75) is 30.8 Å². The Morgan fingerprint density at radius 3 is 1.76 bits per heavy atom. The van der Waals surface area contributed by atoms with Crippen molar-refractivity contribution in [1.29, 1.82) is 5.41 Å². The first-order valence-electron chi connectivity index (χ1n) is 23.1. The van der Waals surface area contributed by atoms with Gasteiger partial charge < -0.3 is 9.80 Å². The Morgan fingerprint density at radius 1 is 0.537 bits per heavy atom. The van der Waals surface area contributed by atoms with Gasteiger partial charge in [-0.25, -0.2) is 0 Å². The molecule has 67 heavy (non-hydrogen) atoms. The van der Waals surface area contributed by atoms with E-state index in [2.05, 4.69) is 207 Å². The normalized spacial score (nSPS) is 14.9. The lowest BCUT2D eigenvalue weighted by Gasteiger charge is -2.45. The highest BCUT2D eigenvalue weighted by molar-refractivity contribution is 7.26. The van der Waals surface area contributed by atoms with Crippen molar-refractivity contribution >= 4 is 60.6 Å². The number of benzene rings is 9. The highest BCUT2D eigenvalue weighted by Gasteiger charge is 2.51. The summed E-state index contributed by atoms with van der Waals surface area (Å²) in [5.74, 6) is 0.423. The zero-order valence-electron chi connectivity index (χ0n) is 37.5. The lowest BCUT2D eigenvalue weighted by Crippen LogP contribution is -2.36. The van der Waals surface area contributed by atoms with E-state index in [4.69, 9.17) is 4.99 Å². The molecule has 0 radical (unpaired) electrons. The maximum Gasteiger partial charge on any atom is 0.148 e. The second-order valence-electron chi connectivity index (χ2n) is 18.7. The van der Waals surface area contributed by atoms with E-state index in [1.54, 1.807) is 0 Å². The second-order valence-corrected chi connectivity index (χ2v) is 19.8. The molecule has 5 heteroatoms. The number of anilines is 3. The number of amidine groups is 1. The summed E-state index contributed by atoms with van der Waals surface area (Å²) in [6.07, 6.45) is 1.50. The lowest BCUT2D eigenvalue weighted by atomic mass is 9.64. The van der Waals surface area contributed by atoms with E-state index in [-0.39, 0.29) is 5.41 Å². The van der Waals surface area contributed by atoms with Crippen LogP contribution in [0.4, 0.5) is 17.1 Å². The summed E-state index contributed by atoms with van der Waals surface area (Å²) in [5.41, 5.74) is 18.8. The smallest absolute Gasteiger partial charge is 0.148 e. The molecule has 1 N–H and O–H groups in total. The molecule has 2 aliphatic carbocycles. The van der Waals surface area contributed by atoms with Crippen molar-refractivity contribution in [3.8, 4) is 22.3 Å². The molecule has 3 aliphatic rings. The van der Waals surface area contributed by atoms with Crippen molar-refractivity contribution in [3.05, 3.63) is 256 Å². The third-order valence-electron chi connectivity index (χ3n) is 14.8. The quantitative estimate of drug-likeness (QED) is 0.134.